The van der Waals surface area contributed by atoms with E-state index in [1.165, 1.54) is 6.07 Å². The molecule has 0 aliphatic heterocycles. The number of carbonyl (C=O) groups excluding carboxylic acids is 3. The number of nitrogen functional groups attached to an aromatic ring is 1. The Balaban J connectivity index is 2.33. The fourth-order valence-electron chi connectivity index (χ4n) is 3.76. The Morgan fingerprint density at radius 2 is 1.56 bits per heavy atom. The third-order valence-electron chi connectivity index (χ3n) is 5.92. The van der Waals surface area contributed by atoms with Gasteiger partial charge in [0.15, 0.2) is 5.96 Å². The maximum atomic E-state index is 13.6. The quantitative estimate of drug-likeness (QED) is 0.0724. The molecule has 0 spiro atoms. The number of urea groups is 1. The lowest BCUT2D eigenvalue weighted by Gasteiger charge is -2.24. The van der Waals surface area contributed by atoms with Gasteiger partial charge in [-0.05, 0) is 61.2 Å². The van der Waals surface area contributed by atoms with Gasteiger partial charge in [-0.3, -0.25) is 19.5 Å². The highest BCUT2D eigenvalue weighted by atomic mass is 16.5. The molecule has 0 aliphatic rings. The number of ether oxygens (including phenoxy) is 2. The third-order valence-corrected chi connectivity index (χ3v) is 5.92. The lowest BCUT2D eigenvalue weighted by Crippen LogP contribution is -2.42. The molecule has 2 aromatic carbocycles. The standard InChI is InChI=1S/C30H46N8O5/c1-19(2)17-36-27(39)21-8-10-24(26(15-21)43-14-6-12-35-29(33)34)37-30(41)38(18-20(3)4)28(40)22-7-9-23(32)25(16-22)42-13-5-11-31/h7-10,15-16,19-20H,5-6,11-14,17-18,31-32H2,1-4H3,(H,36,39)(H,37,41)(H4,33,34,35). The first kappa shape index (κ1) is 34.7. The Bertz CT molecular complexity index is 1260. The number of amides is 4. The van der Waals surface area contributed by atoms with Crippen molar-refractivity contribution in [2.75, 3.05) is 50.4 Å². The summed E-state index contributed by atoms with van der Waals surface area (Å²) in [6.45, 7) is 9.77. The molecule has 0 atom stereocenters. The minimum absolute atomic E-state index is 0.0259. The molecule has 0 unspecified atom stereocenters. The molecule has 0 radical (unpaired) electrons. The second-order valence-corrected chi connectivity index (χ2v) is 10.8. The summed E-state index contributed by atoms with van der Waals surface area (Å²) in [5.41, 5.74) is 23.6. The smallest absolute Gasteiger partial charge is 0.328 e. The van der Waals surface area contributed by atoms with Crippen molar-refractivity contribution in [2.24, 2.45) is 34.0 Å². The fourth-order valence-corrected chi connectivity index (χ4v) is 3.76. The zero-order valence-electron chi connectivity index (χ0n) is 25.5. The summed E-state index contributed by atoms with van der Waals surface area (Å²) < 4.78 is 11.6. The molecule has 236 valence electrons. The first-order valence-electron chi connectivity index (χ1n) is 14.4. The average molecular weight is 599 g/mol. The van der Waals surface area contributed by atoms with Crippen LogP contribution >= 0.6 is 0 Å². The van der Waals surface area contributed by atoms with E-state index in [1.54, 1.807) is 30.3 Å². The van der Waals surface area contributed by atoms with E-state index in [9.17, 15) is 14.4 Å². The Hall–Kier alpha value is -4.52. The predicted octanol–water partition coefficient (Wildman–Crippen LogP) is 2.75. The molecule has 0 saturated heterocycles. The van der Waals surface area contributed by atoms with Gasteiger partial charge in [0.05, 0.1) is 24.6 Å². The van der Waals surface area contributed by atoms with E-state index in [1.807, 2.05) is 27.7 Å². The van der Waals surface area contributed by atoms with Crippen molar-refractivity contribution < 1.29 is 23.9 Å². The van der Waals surface area contributed by atoms with Gasteiger partial charge in [0.1, 0.15) is 11.5 Å². The van der Waals surface area contributed by atoms with E-state index in [0.29, 0.717) is 56.1 Å². The van der Waals surface area contributed by atoms with Gasteiger partial charge in [0.2, 0.25) is 0 Å². The number of carbonyl (C=O) groups is 3. The Kier molecular flexibility index (Phi) is 14.1. The van der Waals surface area contributed by atoms with Crippen molar-refractivity contribution in [2.45, 2.75) is 40.5 Å². The third kappa shape index (κ3) is 11.7. The van der Waals surface area contributed by atoms with Crippen LogP contribution in [0.2, 0.25) is 0 Å². The number of rotatable bonds is 16. The highest BCUT2D eigenvalue weighted by molar-refractivity contribution is 6.09. The van der Waals surface area contributed by atoms with Crippen molar-refractivity contribution in [3.05, 3.63) is 47.5 Å². The maximum absolute atomic E-state index is 13.6. The van der Waals surface area contributed by atoms with Crippen LogP contribution in [0.1, 0.15) is 61.3 Å². The van der Waals surface area contributed by atoms with Crippen LogP contribution < -0.4 is 43.0 Å². The van der Waals surface area contributed by atoms with Gasteiger partial charge in [-0.25, -0.2) is 4.79 Å². The van der Waals surface area contributed by atoms with E-state index in [4.69, 9.17) is 32.4 Å². The van der Waals surface area contributed by atoms with E-state index in [0.717, 1.165) is 4.90 Å². The zero-order valence-corrected chi connectivity index (χ0v) is 25.5. The van der Waals surface area contributed by atoms with Gasteiger partial charge in [0, 0.05) is 37.2 Å². The zero-order chi connectivity index (χ0) is 31.9. The Labute approximate surface area is 253 Å². The number of nitrogens with one attached hydrogen (secondary N) is 2. The Morgan fingerprint density at radius 1 is 0.907 bits per heavy atom. The van der Waals surface area contributed by atoms with Gasteiger partial charge < -0.3 is 43.0 Å². The van der Waals surface area contributed by atoms with Crippen molar-refractivity contribution in [3.8, 4) is 11.5 Å². The fraction of sp³-hybridized carbons (Fsp3) is 0.467. The van der Waals surface area contributed by atoms with Gasteiger partial charge in [-0.2, -0.15) is 0 Å². The maximum Gasteiger partial charge on any atom is 0.328 e. The molecule has 2 rings (SSSR count). The van der Waals surface area contributed by atoms with Crippen LogP contribution in [0.4, 0.5) is 16.2 Å². The number of guanidine groups is 1. The van der Waals surface area contributed by atoms with Crippen LogP contribution in [0.15, 0.2) is 41.4 Å². The van der Waals surface area contributed by atoms with Crippen molar-refractivity contribution in [3.63, 3.8) is 0 Å². The number of nitrogens with two attached hydrogens (primary N) is 4. The largest absolute Gasteiger partial charge is 0.491 e. The number of hydrogen-bond donors (Lipinski definition) is 6. The molecule has 13 heteroatoms. The highest BCUT2D eigenvalue weighted by Crippen LogP contribution is 2.28. The van der Waals surface area contributed by atoms with E-state index < -0.39 is 11.9 Å². The Morgan fingerprint density at radius 3 is 2.21 bits per heavy atom. The van der Waals surface area contributed by atoms with Crippen LogP contribution in [0.3, 0.4) is 0 Å². The number of hydrogen-bond acceptors (Lipinski definition) is 8. The molecular formula is C30H46N8O5. The van der Waals surface area contributed by atoms with E-state index in [2.05, 4.69) is 15.6 Å². The summed E-state index contributed by atoms with van der Waals surface area (Å²) in [7, 11) is 0. The topological polar surface area (TPSA) is 213 Å². The second kappa shape index (κ2) is 17.4. The van der Waals surface area contributed by atoms with Crippen LogP contribution in [-0.2, 0) is 0 Å². The number of anilines is 2. The van der Waals surface area contributed by atoms with E-state index in [-0.39, 0.29) is 53.9 Å². The molecule has 0 aromatic heterocycles. The van der Waals surface area contributed by atoms with Gasteiger partial charge in [0.25, 0.3) is 11.8 Å². The molecule has 10 N–H and O–H groups in total. The highest BCUT2D eigenvalue weighted by Gasteiger charge is 2.26. The molecule has 0 aliphatic carbocycles. The lowest BCUT2D eigenvalue weighted by atomic mass is 10.1. The molecule has 4 amide bonds. The molecule has 43 heavy (non-hydrogen) atoms. The minimum Gasteiger partial charge on any atom is -0.491 e. The van der Waals surface area contributed by atoms with Crippen LogP contribution in [0.25, 0.3) is 0 Å². The second-order valence-electron chi connectivity index (χ2n) is 10.8. The van der Waals surface area contributed by atoms with Gasteiger partial charge >= 0.3 is 6.03 Å². The molecule has 0 heterocycles. The van der Waals surface area contributed by atoms with Crippen molar-refractivity contribution >= 4 is 35.2 Å². The van der Waals surface area contributed by atoms with E-state index >= 15 is 0 Å². The van der Waals surface area contributed by atoms with Crippen molar-refractivity contribution in [1.29, 1.82) is 0 Å². The number of benzene rings is 2. The molecular weight excluding hydrogens is 552 g/mol. The summed E-state index contributed by atoms with van der Waals surface area (Å²) in [4.78, 5) is 44.9. The molecule has 0 bridgehead atoms. The van der Waals surface area contributed by atoms with Crippen LogP contribution in [0, 0.1) is 11.8 Å². The summed E-state index contributed by atoms with van der Waals surface area (Å²) in [5.74, 6) is 0.0137. The number of imide groups is 1. The van der Waals surface area contributed by atoms with Gasteiger partial charge in [-0.15, -0.1) is 0 Å². The average Bonchev–Trinajstić information content (AvgIpc) is 2.95. The van der Waals surface area contributed by atoms with Crippen molar-refractivity contribution in [1.82, 2.24) is 10.2 Å². The minimum atomic E-state index is -0.663. The number of nitrogens with zero attached hydrogens (tertiary/aromatic N) is 2. The normalized spacial score (nSPS) is 10.8. The van der Waals surface area contributed by atoms with Gasteiger partial charge in [-0.1, -0.05) is 27.7 Å². The molecule has 13 nitrogen and oxygen atoms in total. The summed E-state index contributed by atoms with van der Waals surface area (Å²) in [6, 6.07) is 8.66. The summed E-state index contributed by atoms with van der Waals surface area (Å²) in [6.07, 6.45) is 1.11. The molecule has 2 aromatic rings. The lowest BCUT2D eigenvalue weighted by molar-refractivity contribution is 0.0796. The molecule has 0 fully saturated rings. The molecule has 0 saturated carbocycles. The van der Waals surface area contributed by atoms with Crippen LogP contribution in [0.5, 0.6) is 11.5 Å². The summed E-state index contributed by atoms with van der Waals surface area (Å²) >= 11 is 0. The summed E-state index contributed by atoms with van der Waals surface area (Å²) in [5, 5.41) is 5.65. The first-order valence-corrected chi connectivity index (χ1v) is 14.4. The monoisotopic (exact) mass is 598 g/mol. The van der Waals surface area contributed by atoms with Crippen LogP contribution in [-0.4, -0.2) is 68.1 Å². The SMILES string of the molecule is CC(C)CNC(=O)c1ccc(NC(=O)N(CC(C)C)C(=O)c2ccc(N)c(OCCCN)c2)c(OCCCN=C(N)N)c1. The number of aliphatic imine (C=N–C) groups is 1. The predicted molar refractivity (Wildman–Crippen MR) is 169 cm³/mol. The first-order chi connectivity index (χ1) is 20.4.